The zero-order valence-electron chi connectivity index (χ0n) is 16.3. The summed E-state index contributed by atoms with van der Waals surface area (Å²) >= 11 is 0. The molecule has 0 aromatic heterocycles. The molecule has 0 unspecified atom stereocenters. The Morgan fingerprint density at radius 1 is 0.966 bits per heavy atom. The number of rotatable bonds is 4. The molecule has 0 fully saturated rings. The smallest absolute Gasteiger partial charge is 0.264 e. The van der Waals surface area contributed by atoms with Crippen LogP contribution in [-0.4, -0.2) is 20.9 Å². The molecule has 4 rings (SSSR count). The second kappa shape index (κ2) is 7.37. The van der Waals surface area contributed by atoms with Crippen LogP contribution in [0.15, 0.2) is 71.6 Å². The average Bonchev–Trinajstić information content (AvgIpc) is 2.73. The number of carbonyl (C=O) groups is 1. The molecule has 0 spiro atoms. The van der Waals surface area contributed by atoms with Crippen LogP contribution in [-0.2, 0) is 16.6 Å². The maximum absolute atomic E-state index is 12.9. The van der Waals surface area contributed by atoms with Gasteiger partial charge < -0.3 is 5.32 Å². The van der Waals surface area contributed by atoms with E-state index in [4.69, 9.17) is 0 Å². The van der Waals surface area contributed by atoms with E-state index < -0.39 is 10.0 Å². The maximum atomic E-state index is 12.9. The van der Waals surface area contributed by atoms with Crippen LogP contribution in [0.4, 0.5) is 5.69 Å². The third kappa shape index (κ3) is 3.40. The number of benzene rings is 3. The predicted molar refractivity (Wildman–Crippen MR) is 114 cm³/mol. The Labute approximate surface area is 171 Å². The lowest BCUT2D eigenvalue weighted by Gasteiger charge is -2.31. The highest BCUT2D eigenvalue weighted by Crippen LogP contribution is 2.43. The highest BCUT2D eigenvalue weighted by Gasteiger charge is 2.34. The highest BCUT2D eigenvalue weighted by atomic mass is 32.2. The normalized spacial score (nSPS) is 14.1. The zero-order valence-corrected chi connectivity index (χ0v) is 17.2. The molecule has 0 atom stereocenters. The first-order valence-corrected chi connectivity index (χ1v) is 11.0. The van der Waals surface area contributed by atoms with Crippen molar-refractivity contribution >= 4 is 21.6 Å². The van der Waals surface area contributed by atoms with E-state index >= 15 is 0 Å². The van der Waals surface area contributed by atoms with Crippen LogP contribution in [0.2, 0.25) is 0 Å². The molecule has 1 amide bonds. The van der Waals surface area contributed by atoms with Crippen molar-refractivity contribution in [1.82, 2.24) is 5.32 Å². The van der Waals surface area contributed by atoms with E-state index in [1.54, 1.807) is 43.3 Å². The van der Waals surface area contributed by atoms with E-state index in [0.29, 0.717) is 29.9 Å². The van der Waals surface area contributed by atoms with Crippen LogP contribution >= 0.6 is 0 Å². The summed E-state index contributed by atoms with van der Waals surface area (Å²) in [6, 6.07) is 20.1. The molecular weight excluding hydrogens is 384 g/mol. The van der Waals surface area contributed by atoms with Gasteiger partial charge in [0.15, 0.2) is 0 Å². The van der Waals surface area contributed by atoms with Gasteiger partial charge in [-0.15, -0.1) is 0 Å². The lowest BCUT2D eigenvalue weighted by molar-refractivity contribution is 0.0951. The molecule has 0 bridgehead atoms. The predicted octanol–water partition coefficient (Wildman–Crippen LogP) is 4.12. The first-order valence-electron chi connectivity index (χ1n) is 9.51. The van der Waals surface area contributed by atoms with Crippen LogP contribution < -0.4 is 9.62 Å². The summed E-state index contributed by atoms with van der Waals surface area (Å²) in [6.45, 7) is 4.58. The van der Waals surface area contributed by atoms with Gasteiger partial charge >= 0.3 is 0 Å². The van der Waals surface area contributed by atoms with Gasteiger partial charge in [0.05, 0.1) is 10.6 Å². The third-order valence-electron chi connectivity index (χ3n) is 5.13. The van der Waals surface area contributed by atoms with E-state index in [0.717, 1.165) is 11.1 Å². The van der Waals surface area contributed by atoms with E-state index in [-0.39, 0.29) is 10.8 Å². The molecule has 0 aliphatic carbocycles. The summed E-state index contributed by atoms with van der Waals surface area (Å²) in [5.41, 5.74) is 4.67. The fraction of sp³-hybridized carbons (Fsp3) is 0.174. The molecule has 0 saturated heterocycles. The Morgan fingerprint density at radius 2 is 1.69 bits per heavy atom. The summed E-state index contributed by atoms with van der Waals surface area (Å²) in [4.78, 5) is 13.0. The fourth-order valence-corrected chi connectivity index (χ4v) is 5.31. The maximum Gasteiger partial charge on any atom is 0.264 e. The number of hydrogen-bond acceptors (Lipinski definition) is 3. The molecule has 0 radical (unpaired) electrons. The quantitative estimate of drug-likeness (QED) is 0.709. The van der Waals surface area contributed by atoms with E-state index in [1.807, 2.05) is 37.3 Å². The number of sulfonamides is 1. The number of anilines is 1. The molecule has 29 heavy (non-hydrogen) atoms. The minimum atomic E-state index is -3.60. The molecule has 5 nitrogen and oxygen atoms in total. The van der Waals surface area contributed by atoms with Crippen molar-refractivity contribution in [3.8, 4) is 11.1 Å². The van der Waals surface area contributed by atoms with Gasteiger partial charge in [0.25, 0.3) is 15.9 Å². The Morgan fingerprint density at radius 3 is 2.41 bits per heavy atom. The summed E-state index contributed by atoms with van der Waals surface area (Å²) in [6.07, 6.45) is 0. The summed E-state index contributed by atoms with van der Waals surface area (Å²) < 4.78 is 27.3. The number of nitrogens with one attached hydrogen (secondary N) is 1. The molecular formula is C23H22N2O3S. The number of aryl methyl sites for hydroxylation is 1. The largest absolute Gasteiger partial charge is 0.348 e. The van der Waals surface area contributed by atoms with E-state index in [1.165, 1.54) is 9.87 Å². The van der Waals surface area contributed by atoms with Crippen LogP contribution in [0.1, 0.15) is 28.4 Å². The van der Waals surface area contributed by atoms with E-state index in [9.17, 15) is 13.2 Å². The van der Waals surface area contributed by atoms with Crippen molar-refractivity contribution in [2.75, 3.05) is 10.8 Å². The number of hydrogen-bond donors (Lipinski definition) is 1. The fourth-order valence-electron chi connectivity index (χ4n) is 3.60. The molecule has 1 heterocycles. The molecule has 0 saturated carbocycles. The Hall–Kier alpha value is -3.12. The molecule has 1 aliphatic heterocycles. The van der Waals surface area contributed by atoms with Crippen LogP contribution in [0, 0.1) is 6.92 Å². The molecule has 3 aromatic carbocycles. The minimum absolute atomic E-state index is 0.192. The van der Waals surface area contributed by atoms with Crippen molar-refractivity contribution in [1.29, 1.82) is 0 Å². The van der Waals surface area contributed by atoms with Crippen molar-refractivity contribution in [2.45, 2.75) is 25.3 Å². The Kier molecular flexibility index (Phi) is 4.88. The minimum Gasteiger partial charge on any atom is -0.348 e. The first kappa shape index (κ1) is 19.2. The Bertz CT molecular complexity index is 1180. The van der Waals surface area contributed by atoms with Gasteiger partial charge in [-0.05, 0) is 43.7 Å². The molecule has 6 heteroatoms. The van der Waals surface area contributed by atoms with Gasteiger partial charge in [0.2, 0.25) is 0 Å². The van der Waals surface area contributed by atoms with E-state index in [2.05, 4.69) is 5.32 Å². The van der Waals surface area contributed by atoms with Gasteiger partial charge in [-0.3, -0.25) is 9.10 Å². The van der Waals surface area contributed by atoms with Crippen molar-refractivity contribution < 1.29 is 13.2 Å². The second-order valence-corrected chi connectivity index (χ2v) is 8.90. The van der Waals surface area contributed by atoms with Gasteiger partial charge in [-0.2, -0.15) is 0 Å². The average molecular weight is 407 g/mol. The topological polar surface area (TPSA) is 66.5 Å². The van der Waals surface area contributed by atoms with Gasteiger partial charge in [0.1, 0.15) is 0 Å². The summed E-state index contributed by atoms with van der Waals surface area (Å²) in [7, 11) is -3.60. The van der Waals surface area contributed by atoms with Crippen molar-refractivity contribution in [2.24, 2.45) is 0 Å². The zero-order chi connectivity index (χ0) is 20.6. The summed E-state index contributed by atoms with van der Waals surface area (Å²) in [5.74, 6) is -0.192. The van der Waals surface area contributed by atoms with Gasteiger partial charge in [0, 0.05) is 29.8 Å². The number of fused-ring (bicyclic) bond motifs is 3. The lowest BCUT2D eigenvalue weighted by Crippen LogP contribution is -2.34. The molecule has 3 aromatic rings. The molecule has 1 aliphatic rings. The third-order valence-corrected chi connectivity index (χ3v) is 7.08. The molecule has 148 valence electrons. The second-order valence-electron chi connectivity index (χ2n) is 7.07. The summed E-state index contributed by atoms with van der Waals surface area (Å²) in [5, 5.41) is 2.94. The van der Waals surface area contributed by atoms with Crippen molar-refractivity contribution in [3.05, 3.63) is 83.4 Å². The monoisotopic (exact) mass is 406 g/mol. The van der Waals surface area contributed by atoms with Crippen LogP contribution in [0.25, 0.3) is 11.1 Å². The van der Waals surface area contributed by atoms with Gasteiger partial charge in [-0.25, -0.2) is 8.42 Å². The van der Waals surface area contributed by atoms with Crippen LogP contribution in [0.3, 0.4) is 0 Å². The van der Waals surface area contributed by atoms with Gasteiger partial charge in [-0.1, -0.05) is 48.0 Å². The highest BCUT2D eigenvalue weighted by molar-refractivity contribution is 7.93. The number of amides is 1. The van der Waals surface area contributed by atoms with Crippen molar-refractivity contribution in [3.63, 3.8) is 0 Å². The van der Waals surface area contributed by atoms with Crippen LogP contribution in [0.5, 0.6) is 0 Å². The number of carbonyl (C=O) groups excluding carboxylic acids is 1. The lowest BCUT2D eigenvalue weighted by atomic mass is 10.00. The SMILES string of the molecule is CCN1c2ccc(C(=O)NCc3ccc(C)cc3)cc2-c2ccccc2S1(=O)=O. The first-order chi connectivity index (χ1) is 13.9. The standard InChI is InChI=1S/C23H22N2O3S/c1-3-25-21-13-12-18(23(26)24-15-17-10-8-16(2)9-11-17)14-20(21)19-6-4-5-7-22(19)29(25,27)28/h4-14H,3,15H2,1-2H3,(H,24,26). The number of nitrogens with zero attached hydrogens (tertiary/aromatic N) is 1. The Balaban J connectivity index is 1.68. The molecule has 1 N–H and O–H groups in total.